The van der Waals surface area contributed by atoms with Gasteiger partial charge in [-0.25, -0.2) is 8.78 Å². The SMILES string of the molecule is NNC(Cc1ccc(I)cc1)c1ccc(F)c(F)c1. The van der Waals surface area contributed by atoms with Crippen molar-refractivity contribution in [2.45, 2.75) is 12.5 Å². The molecule has 0 saturated heterocycles. The molecule has 100 valence electrons. The maximum absolute atomic E-state index is 13.2. The quantitative estimate of drug-likeness (QED) is 0.490. The first kappa shape index (κ1) is 14.4. The van der Waals surface area contributed by atoms with E-state index in [-0.39, 0.29) is 6.04 Å². The number of hydrazine groups is 1. The first-order valence-electron chi connectivity index (χ1n) is 5.75. The molecule has 0 amide bonds. The van der Waals surface area contributed by atoms with Crippen molar-refractivity contribution in [3.8, 4) is 0 Å². The summed E-state index contributed by atoms with van der Waals surface area (Å²) in [6.45, 7) is 0. The van der Waals surface area contributed by atoms with Crippen LogP contribution in [-0.2, 0) is 6.42 Å². The van der Waals surface area contributed by atoms with Gasteiger partial charge >= 0.3 is 0 Å². The molecular formula is C14H13F2IN2. The Balaban J connectivity index is 2.19. The Morgan fingerprint density at radius 1 is 1.05 bits per heavy atom. The topological polar surface area (TPSA) is 38.0 Å². The predicted octanol–water partition coefficient (Wildman–Crippen LogP) is 3.32. The average molecular weight is 374 g/mol. The molecule has 1 unspecified atom stereocenters. The molecule has 5 heteroatoms. The van der Waals surface area contributed by atoms with Crippen LogP contribution in [0.1, 0.15) is 17.2 Å². The van der Waals surface area contributed by atoms with Crippen molar-refractivity contribution in [2.24, 2.45) is 5.84 Å². The van der Waals surface area contributed by atoms with Gasteiger partial charge in [0.25, 0.3) is 0 Å². The van der Waals surface area contributed by atoms with Crippen LogP contribution >= 0.6 is 22.6 Å². The lowest BCUT2D eigenvalue weighted by Crippen LogP contribution is -2.29. The summed E-state index contributed by atoms with van der Waals surface area (Å²) in [5, 5.41) is 0. The monoisotopic (exact) mass is 374 g/mol. The van der Waals surface area contributed by atoms with Crippen molar-refractivity contribution in [3.05, 3.63) is 68.8 Å². The smallest absolute Gasteiger partial charge is 0.159 e. The molecule has 0 aliphatic rings. The summed E-state index contributed by atoms with van der Waals surface area (Å²) in [4.78, 5) is 0. The van der Waals surface area contributed by atoms with E-state index >= 15 is 0 Å². The standard InChI is InChI=1S/C14H13F2IN2/c15-12-6-3-10(8-13(12)16)14(19-18)7-9-1-4-11(17)5-2-9/h1-6,8,14,19H,7,18H2. The van der Waals surface area contributed by atoms with Crippen LogP contribution in [0.25, 0.3) is 0 Å². The average Bonchev–Trinajstić information content (AvgIpc) is 2.41. The van der Waals surface area contributed by atoms with Crippen LogP contribution in [0.3, 0.4) is 0 Å². The minimum absolute atomic E-state index is 0.254. The molecular weight excluding hydrogens is 361 g/mol. The molecule has 0 aromatic heterocycles. The molecule has 2 aromatic carbocycles. The second-order valence-electron chi connectivity index (χ2n) is 4.22. The third-order valence-corrected chi connectivity index (χ3v) is 3.62. The number of hydrogen-bond acceptors (Lipinski definition) is 2. The third kappa shape index (κ3) is 3.71. The van der Waals surface area contributed by atoms with Gasteiger partial charge in [0.2, 0.25) is 0 Å². The highest BCUT2D eigenvalue weighted by Crippen LogP contribution is 2.20. The van der Waals surface area contributed by atoms with E-state index in [9.17, 15) is 8.78 Å². The van der Waals surface area contributed by atoms with E-state index in [4.69, 9.17) is 5.84 Å². The zero-order valence-corrected chi connectivity index (χ0v) is 12.2. The Labute approximate surface area is 124 Å². The normalized spacial score (nSPS) is 12.4. The molecule has 1 atom stereocenters. The molecule has 0 fully saturated rings. The van der Waals surface area contributed by atoms with Crippen molar-refractivity contribution < 1.29 is 8.78 Å². The Morgan fingerprint density at radius 2 is 1.74 bits per heavy atom. The fourth-order valence-corrected chi connectivity index (χ4v) is 2.22. The van der Waals surface area contributed by atoms with E-state index in [0.717, 1.165) is 15.2 Å². The molecule has 0 bridgehead atoms. The molecule has 2 nitrogen and oxygen atoms in total. The molecule has 2 rings (SSSR count). The van der Waals surface area contributed by atoms with Crippen molar-refractivity contribution in [2.75, 3.05) is 0 Å². The van der Waals surface area contributed by atoms with Crippen LogP contribution in [0.4, 0.5) is 8.78 Å². The van der Waals surface area contributed by atoms with Gasteiger partial charge in [0.05, 0.1) is 6.04 Å². The van der Waals surface area contributed by atoms with Gasteiger partial charge in [-0.2, -0.15) is 0 Å². The Hall–Kier alpha value is -1.05. The Bertz CT molecular complexity index is 558. The maximum atomic E-state index is 13.2. The summed E-state index contributed by atoms with van der Waals surface area (Å²) in [5.41, 5.74) is 4.34. The molecule has 0 heterocycles. The highest BCUT2D eigenvalue weighted by molar-refractivity contribution is 14.1. The zero-order chi connectivity index (χ0) is 13.8. The van der Waals surface area contributed by atoms with Gasteiger partial charge in [-0.3, -0.25) is 11.3 Å². The zero-order valence-electron chi connectivity index (χ0n) is 10.0. The lowest BCUT2D eigenvalue weighted by atomic mass is 9.99. The summed E-state index contributed by atoms with van der Waals surface area (Å²) >= 11 is 2.23. The fourth-order valence-electron chi connectivity index (χ4n) is 1.86. The van der Waals surface area contributed by atoms with E-state index in [1.165, 1.54) is 12.1 Å². The first-order valence-corrected chi connectivity index (χ1v) is 6.83. The number of halogens is 3. The molecule has 3 N–H and O–H groups in total. The van der Waals surface area contributed by atoms with Crippen LogP contribution in [0.2, 0.25) is 0 Å². The van der Waals surface area contributed by atoms with Crippen molar-refractivity contribution in [1.29, 1.82) is 0 Å². The van der Waals surface area contributed by atoms with Crippen LogP contribution in [-0.4, -0.2) is 0 Å². The van der Waals surface area contributed by atoms with Gasteiger partial charge in [-0.15, -0.1) is 0 Å². The maximum Gasteiger partial charge on any atom is 0.159 e. The summed E-state index contributed by atoms with van der Waals surface area (Å²) in [5.74, 6) is 3.79. The van der Waals surface area contributed by atoms with Crippen LogP contribution in [0.5, 0.6) is 0 Å². The van der Waals surface area contributed by atoms with E-state index in [0.29, 0.717) is 12.0 Å². The number of benzene rings is 2. The minimum atomic E-state index is -0.861. The van der Waals surface area contributed by atoms with E-state index in [1.807, 2.05) is 24.3 Å². The number of nitrogens with one attached hydrogen (secondary N) is 1. The minimum Gasteiger partial charge on any atom is -0.271 e. The number of hydrogen-bond donors (Lipinski definition) is 2. The van der Waals surface area contributed by atoms with E-state index in [1.54, 1.807) is 0 Å². The largest absolute Gasteiger partial charge is 0.271 e. The molecule has 2 aromatic rings. The lowest BCUT2D eigenvalue weighted by molar-refractivity contribution is 0.497. The molecule has 19 heavy (non-hydrogen) atoms. The van der Waals surface area contributed by atoms with Crippen molar-refractivity contribution >= 4 is 22.6 Å². The molecule has 0 aliphatic heterocycles. The Kier molecular flexibility index (Phi) is 4.84. The lowest BCUT2D eigenvalue weighted by Gasteiger charge is -2.16. The second-order valence-corrected chi connectivity index (χ2v) is 5.47. The number of rotatable bonds is 4. The van der Waals surface area contributed by atoms with Crippen molar-refractivity contribution in [3.63, 3.8) is 0 Å². The molecule has 0 aliphatic carbocycles. The van der Waals surface area contributed by atoms with Gasteiger partial charge in [0, 0.05) is 3.57 Å². The van der Waals surface area contributed by atoms with Gasteiger partial charge < -0.3 is 0 Å². The van der Waals surface area contributed by atoms with Crippen molar-refractivity contribution in [1.82, 2.24) is 5.43 Å². The highest BCUT2D eigenvalue weighted by Gasteiger charge is 2.13. The first-order chi connectivity index (χ1) is 9.10. The van der Waals surface area contributed by atoms with Crippen LogP contribution < -0.4 is 11.3 Å². The van der Waals surface area contributed by atoms with Gasteiger partial charge in [0.15, 0.2) is 11.6 Å². The third-order valence-electron chi connectivity index (χ3n) is 2.90. The summed E-state index contributed by atoms with van der Waals surface area (Å²) in [7, 11) is 0. The van der Waals surface area contributed by atoms with E-state index in [2.05, 4.69) is 28.0 Å². The van der Waals surface area contributed by atoms with Crippen LogP contribution in [0, 0.1) is 15.2 Å². The van der Waals surface area contributed by atoms with Gasteiger partial charge in [0.1, 0.15) is 0 Å². The van der Waals surface area contributed by atoms with E-state index < -0.39 is 11.6 Å². The molecule has 0 saturated carbocycles. The van der Waals surface area contributed by atoms with Gasteiger partial charge in [-0.05, 0) is 64.4 Å². The predicted molar refractivity (Wildman–Crippen MR) is 79.3 cm³/mol. The molecule has 0 radical (unpaired) electrons. The number of nitrogens with two attached hydrogens (primary N) is 1. The summed E-state index contributed by atoms with van der Waals surface area (Å²) in [6, 6.07) is 11.5. The summed E-state index contributed by atoms with van der Waals surface area (Å²) in [6.07, 6.45) is 0.610. The fraction of sp³-hybridized carbons (Fsp3) is 0.143. The highest BCUT2D eigenvalue weighted by atomic mass is 127. The molecule has 0 spiro atoms. The Morgan fingerprint density at radius 3 is 2.32 bits per heavy atom. The summed E-state index contributed by atoms with van der Waals surface area (Å²) < 4.78 is 27.3. The van der Waals surface area contributed by atoms with Crippen LogP contribution in [0.15, 0.2) is 42.5 Å². The van der Waals surface area contributed by atoms with Gasteiger partial charge in [-0.1, -0.05) is 18.2 Å². The second kappa shape index (κ2) is 6.40.